The Labute approximate surface area is 153 Å². The molecule has 0 N–H and O–H groups in total. The van der Waals surface area contributed by atoms with Crippen LogP contribution in [0.4, 0.5) is 4.20 Å². The number of carbonyl (C=O) groups is 1. The third-order valence-corrected chi connectivity index (χ3v) is 4.78. The molecule has 0 aliphatic rings. The predicted molar refractivity (Wildman–Crippen MR) is 108 cm³/mol. The van der Waals surface area contributed by atoms with Crippen LogP contribution < -0.4 is 0 Å². The van der Waals surface area contributed by atoms with E-state index in [2.05, 4.69) is 43.4 Å². The second-order valence-electron chi connectivity index (χ2n) is 6.19. The molecule has 0 saturated carbocycles. The normalized spacial score (nSPS) is 15.0. The van der Waals surface area contributed by atoms with Crippen LogP contribution in [0.3, 0.4) is 0 Å². The van der Waals surface area contributed by atoms with Crippen molar-refractivity contribution in [3.8, 4) is 0 Å². The maximum Gasteiger partial charge on any atom is 0.302 e. The van der Waals surface area contributed by atoms with Crippen LogP contribution in [-0.2, 0) is 9.36 Å². The molecule has 0 fully saturated rings. The standard InChI is InChI=1S/C21H34FO2P/c1-3-4-5-6-7-8-9-10-11-12-13-14-15-16-17-18-19-20-21(23)25(2,22)24/h7-8,10-11,13-14,16-17H,3-6,9,12,15,18-20H2,1-2H3/b8-7-,11-10-,14-13-,17-16-. The molecular weight excluding hydrogens is 334 g/mol. The third-order valence-electron chi connectivity index (χ3n) is 3.66. The van der Waals surface area contributed by atoms with Gasteiger partial charge in [-0.1, -0.05) is 68.4 Å². The van der Waals surface area contributed by atoms with E-state index in [4.69, 9.17) is 0 Å². The molecule has 4 heteroatoms. The highest BCUT2D eigenvalue weighted by molar-refractivity contribution is 7.75. The van der Waals surface area contributed by atoms with Crippen LogP contribution in [0.1, 0.15) is 71.1 Å². The molecule has 142 valence electrons. The number of allylic oxidation sites excluding steroid dienone is 8. The average Bonchev–Trinajstić information content (AvgIpc) is 2.56. The molecule has 0 aliphatic heterocycles. The van der Waals surface area contributed by atoms with Gasteiger partial charge >= 0.3 is 7.45 Å². The Morgan fingerprint density at radius 1 is 0.800 bits per heavy atom. The van der Waals surface area contributed by atoms with Gasteiger partial charge in [0.25, 0.3) is 0 Å². The SMILES string of the molecule is CCCCC/C=C\C/C=C\C/C=C\C/C=C\CCCC(=O)P(C)(=O)F. The van der Waals surface area contributed by atoms with Gasteiger partial charge < -0.3 is 0 Å². The van der Waals surface area contributed by atoms with Crippen molar-refractivity contribution in [3.63, 3.8) is 0 Å². The van der Waals surface area contributed by atoms with E-state index in [1.54, 1.807) is 0 Å². The molecular formula is C21H34FO2P. The predicted octanol–water partition coefficient (Wildman–Crippen LogP) is 7.54. The highest BCUT2D eigenvalue weighted by Gasteiger charge is 2.23. The summed E-state index contributed by atoms with van der Waals surface area (Å²) in [4.78, 5) is 11.1. The molecule has 0 aromatic rings. The minimum Gasteiger partial charge on any atom is -0.288 e. The Morgan fingerprint density at radius 2 is 1.24 bits per heavy atom. The lowest BCUT2D eigenvalue weighted by Gasteiger charge is -1.99. The van der Waals surface area contributed by atoms with E-state index in [1.807, 2.05) is 12.2 Å². The van der Waals surface area contributed by atoms with Crippen molar-refractivity contribution in [1.82, 2.24) is 0 Å². The molecule has 0 aromatic carbocycles. The number of unbranched alkanes of at least 4 members (excludes halogenated alkanes) is 4. The highest BCUT2D eigenvalue weighted by Crippen LogP contribution is 2.45. The molecule has 0 saturated heterocycles. The summed E-state index contributed by atoms with van der Waals surface area (Å²) >= 11 is 0. The number of hydrogen-bond donors (Lipinski definition) is 0. The van der Waals surface area contributed by atoms with Crippen molar-refractivity contribution in [2.45, 2.75) is 71.1 Å². The third kappa shape index (κ3) is 17.4. The van der Waals surface area contributed by atoms with E-state index in [-0.39, 0.29) is 6.42 Å². The van der Waals surface area contributed by atoms with E-state index < -0.39 is 13.0 Å². The van der Waals surface area contributed by atoms with Gasteiger partial charge in [0.2, 0.25) is 5.52 Å². The Hall–Kier alpha value is -1.21. The lowest BCUT2D eigenvalue weighted by molar-refractivity contribution is -0.112. The van der Waals surface area contributed by atoms with Crippen LogP contribution in [0.25, 0.3) is 0 Å². The van der Waals surface area contributed by atoms with Crippen molar-refractivity contribution >= 4 is 13.0 Å². The molecule has 0 bridgehead atoms. The van der Waals surface area contributed by atoms with Crippen molar-refractivity contribution in [2.75, 3.05) is 6.66 Å². The molecule has 1 unspecified atom stereocenters. The lowest BCUT2D eigenvalue weighted by atomic mass is 10.2. The summed E-state index contributed by atoms with van der Waals surface area (Å²) in [6.07, 6.45) is 26.3. The van der Waals surface area contributed by atoms with Gasteiger partial charge in [0, 0.05) is 13.1 Å². The fraction of sp³-hybridized carbons (Fsp3) is 0.571. The topological polar surface area (TPSA) is 34.1 Å². The number of hydrogen-bond acceptors (Lipinski definition) is 2. The number of rotatable bonds is 15. The molecule has 0 heterocycles. The Balaban J connectivity index is 3.55. The monoisotopic (exact) mass is 368 g/mol. The Bertz CT molecular complexity index is 498. The fourth-order valence-electron chi connectivity index (χ4n) is 2.13. The van der Waals surface area contributed by atoms with Crippen molar-refractivity contribution in [1.29, 1.82) is 0 Å². The largest absolute Gasteiger partial charge is 0.302 e. The van der Waals surface area contributed by atoms with Gasteiger partial charge in [0.05, 0.1) is 0 Å². The lowest BCUT2D eigenvalue weighted by Crippen LogP contribution is -1.94. The van der Waals surface area contributed by atoms with Gasteiger partial charge in [-0.25, -0.2) is 0 Å². The molecule has 25 heavy (non-hydrogen) atoms. The second kappa shape index (κ2) is 16.3. The quantitative estimate of drug-likeness (QED) is 0.170. The maximum absolute atomic E-state index is 12.9. The average molecular weight is 368 g/mol. The van der Waals surface area contributed by atoms with Gasteiger partial charge in [0.1, 0.15) is 0 Å². The summed E-state index contributed by atoms with van der Waals surface area (Å²) in [5.41, 5.74) is -0.747. The first-order valence-corrected chi connectivity index (χ1v) is 11.4. The van der Waals surface area contributed by atoms with Gasteiger partial charge in [-0.05, 0) is 44.9 Å². The maximum atomic E-state index is 12.9. The van der Waals surface area contributed by atoms with E-state index in [0.717, 1.165) is 25.9 Å². The summed E-state index contributed by atoms with van der Waals surface area (Å²) in [5.74, 6) is 0. The minimum absolute atomic E-state index is 0.0578. The van der Waals surface area contributed by atoms with Gasteiger partial charge in [-0.2, -0.15) is 4.20 Å². The molecule has 0 radical (unpaired) electrons. The van der Waals surface area contributed by atoms with Gasteiger partial charge in [0.15, 0.2) is 0 Å². The second-order valence-corrected chi connectivity index (χ2v) is 8.33. The van der Waals surface area contributed by atoms with Crippen LogP contribution in [0, 0.1) is 0 Å². The first-order chi connectivity index (χ1) is 12.0. The van der Waals surface area contributed by atoms with E-state index in [0.29, 0.717) is 12.8 Å². The Kier molecular flexibility index (Phi) is 15.5. The first kappa shape index (κ1) is 23.8. The summed E-state index contributed by atoms with van der Waals surface area (Å²) in [6, 6.07) is 0. The minimum atomic E-state index is -4.03. The van der Waals surface area contributed by atoms with Crippen molar-refractivity contribution in [3.05, 3.63) is 48.6 Å². The zero-order valence-electron chi connectivity index (χ0n) is 15.8. The molecule has 0 aromatic heterocycles. The number of carbonyl (C=O) groups excluding carboxylic acids is 1. The van der Waals surface area contributed by atoms with E-state index >= 15 is 0 Å². The van der Waals surface area contributed by atoms with Crippen molar-refractivity contribution < 1.29 is 13.6 Å². The first-order valence-electron chi connectivity index (χ1n) is 9.39. The van der Waals surface area contributed by atoms with Gasteiger partial charge in [-0.3, -0.25) is 9.36 Å². The zero-order valence-corrected chi connectivity index (χ0v) is 16.7. The highest BCUT2D eigenvalue weighted by atomic mass is 31.2. The zero-order chi connectivity index (χ0) is 18.8. The van der Waals surface area contributed by atoms with Crippen LogP contribution in [0.5, 0.6) is 0 Å². The molecule has 2 nitrogen and oxygen atoms in total. The van der Waals surface area contributed by atoms with E-state index in [1.165, 1.54) is 25.7 Å². The van der Waals surface area contributed by atoms with E-state index in [9.17, 15) is 13.6 Å². The Morgan fingerprint density at radius 3 is 1.68 bits per heavy atom. The van der Waals surface area contributed by atoms with Crippen LogP contribution >= 0.6 is 7.45 Å². The molecule has 0 aliphatic carbocycles. The van der Waals surface area contributed by atoms with Crippen LogP contribution in [-0.4, -0.2) is 12.2 Å². The van der Waals surface area contributed by atoms with Crippen LogP contribution in [0.15, 0.2) is 48.6 Å². The molecule has 0 amide bonds. The summed E-state index contributed by atoms with van der Waals surface area (Å²) < 4.78 is 23.7. The summed E-state index contributed by atoms with van der Waals surface area (Å²) in [5, 5.41) is 0. The molecule has 0 rings (SSSR count). The fourth-order valence-corrected chi connectivity index (χ4v) is 2.69. The van der Waals surface area contributed by atoms with Gasteiger partial charge in [-0.15, -0.1) is 0 Å². The van der Waals surface area contributed by atoms with Crippen LogP contribution in [0.2, 0.25) is 0 Å². The molecule has 1 atom stereocenters. The smallest absolute Gasteiger partial charge is 0.288 e. The van der Waals surface area contributed by atoms with Crippen molar-refractivity contribution in [2.24, 2.45) is 0 Å². The summed E-state index contributed by atoms with van der Waals surface area (Å²) in [6.45, 7) is 3.10. The molecule has 0 spiro atoms. The number of halogens is 1. The summed E-state index contributed by atoms with van der Waals surface area (Å²) in [7, 11) is -4.03.